The van der Waals surface area contributed by atoms with Gasteiger partial charge in [0.05, 0.1) is 5.70 Å². The number of nitrogens with one attached hydrogen (secondary N) is 1. The molecule has 13 heteroatoms. The van der Waals surface area contributed by atoms with Crippen LogP contribution in [0.5, 0.6) is 0 Å². The van der Waals surface area contributed by atoms with Gasteiger partial charge in [0.25, 0.3) is 0 Å². The van der Waals surface area contributed by atoms with Crippen molar-refractivity contribution in [3.05, 3.63) is 113 Å². The number of hydrogen-bond donors (Lipinski definition) is 1. The first-order valence-electron chi connectivity index (χ1n) is 11.4. The molecule has 4 rings (SSSR count). The zero-order valence-electron chi connectivity index (χ0n) is 21.1. The summed E-state index contributed by atoms with van der Waals surface area (Å²) < 4.78 is 1.08. The Kier molecular flexibility index (Phi) is 15.3. The summed E-state index contributed by atoms with van der Waals surface area (Å²) in [5.74, 6) is 1.62. The van der Waals surface area contributed by atoms with Gasteiger partial charge in [-0.15, -0.1) is 34.3 Å². The third kappa shape index (κ3) is 13.7. The number of benzene rings is 2. The van der Waals surface area contributed by atoms with Crippen molar-refractivity contribution >= 4 is 63.7 Å². The predicted octanol–water partition coefficient (Wildman–Crippen LogP) is 6.05. The first kappa shape index (κ1) is 32.4. The number of aryl methyl sites for hydroxylation is 1. The Bertz CT molecular complexity index is 1340. The first-order valence-corrected chi connectivity index (χ1v) is 14.2. The standard InChI is InChI=1S/C13H14N4S2.C13H13N4S2.Co/c2*1-10-7-12(16-15-10)8-14-17-13(18)19-9-11-5-3-2-4-6-11;/h2-8,14H,9H2,1H3,(H,17,18);2-8H,9H2,1H3,(H-,14,15,16,17,18);/q;-1;+3/p-2. The topological polar surface area (TPSA) is 101 Å². The molecule has 0 spiro atoms. The van der Waals surface area contributed by atoms with Gasteiger partial charge in [0, 0.05) is 29.6 Å². The van der Waals surface area contributed by atoms with Crippen molar-refractivity contribution in [3.63, 3.8) is 0 Å². The molecule has 0 saturated heterocycles. The van der Waals surface area contributed by atoms with Crippen molar-refractivity contribution in [3.8, 4) is 0 Å². The Labute approximate surface area is 258 Å². The maximum atomic E-state index is 5.15. The van der Waals surface area contributed by atoms with E-state index >= 15 is 0 Å². The average molecular weight is 637 g/mol. The fourth-order valence-corrected chi connectivity index (χ4v) is 4.38. The molecule has 0 bridgehead atoms. The zero-order chi connectivity index (χ0) is 27.0. The van der Waals surface area contributed by atoms with E-state index in [1.54, 1.807) is 12.4 Å². The van der Waals surface area contributed by atoms with E-state index in [1.807, 2.05) is 62.4 Å². The molecule has 3 aromatic rings. The molecule has 202 valence electrons. The molecule has 0 radical (unpaired) electrons. The molecular formula is C26H25CoN8S4. The molecule has 0 atom stereocenters. The summed E-state index contributed by atoms with van der Waals surface area (Å²) in [6.45, 7) is 3.77. The second-order valence-electron chi connectivity index (χ2n) is 7.63. The van der Waals surface area contributed by atoms with Crippen molar-refractivity contribution in [2.45, 2.75) is 25.4 Å². The fourth-order valence-electron chi connectivity index (χ4n) is 2.74. The van der Waals surface area contributed by atoms with Gasteiger partial charge in [-0.3, -0.25) is 5.43 Å². The molecule has 1 aromatic heterocycles. The summed E-state index contributed by atoms with van der Waals surface area (Å²) in [6.07, 6.45) is 5.09. The van der Waals surface area contributed by atoms with Gasteiger partial charge in [-0.1, -0.05) is 66.7 Å². The quantitative estimate of drug-likeness (QED) is 0.139. The van der Waals surface area contributed by atoms with Crippen LogP contribution in [0.4, 0.5) is 0 Å². The molecule has 2 heterocycles. The van der Waals surface area contributed by atoms with Crippen LogP contribution in [-0.2, 0) is 53.5 Å². The number of rotatable bonds is 8. The summed E-state index contributed by atoms with van der Waals surface area (Å²) in [7, 11) is 0. The van der Waals surface area contributed by atoms with E-state index in [1.165, 1.54) is 34.7 Å². The monoisotopic (exact) mass is 636 g/mol. The Hall–Kier alpha value is -2.81. The van der Waals surface area contributed by atoms with Crippen molar-refractivity contribution < 1.29 is 16.8 Å². The molecule has 0 fully saturated rings. The van der Waals surface area contributed by atoms with Crippen LogP contribution >= 0.6 is 23.5 Å². The molecule has 1 N–H and O–H groups in total. The Morgan fingerprint density at radius 1 is 0.923 bits per heavy atom. The molecule has 0 saturated carbocycles. The Balaban J connectivity index is 0.000000267. The second kappa shape index (κ2) is 18.5. The van der Waals surface area contributed by atoms with E-state index in [0.29, 0.717) is 14.4 Å². The van der Waals surface area contributed by atoms with Crippen LogP contribution in [0.25, 0.3) is 0 Å². The van der Waals surface area contributed by atoms with Gasteiger partial charge < -0.3 is 35.5 Å². The number of aromatic nitrogens is 2. The minimum absolute atomic E-state index is 0. The minimum atomic E-state index is 0. The third-order valence-corrected chi connectivity index (χ3v) is 6.97. The van der Waals surface area contributed by atoms with Gasteiger partial charge in [0.1, 0.15) is 5.70 Å². The van der Waals surface area contributed by atoms with Crippen molar-refractivity contribution in [1.29, 1.82) is 0 Å². The predicted molar refractivity (Wildman–Crippen MR) is 165 cm³/mol. The average Bonchev–Trinajstić information content (AvgIpc) is 3.55. The van der Waals surface area contributed by atoms with E-state index < -0.39 is 0 Å². The summed E-state index contributed by atoms with van der Waals surface area (Å²) in [5.41, 5.74) is 8.42. The summed E-state index contributed by atoms with van der Waals surface area (Å²) in [5, 5.41) is 27.5. The van der Waals surface area contributed by atoms with Crippen molar-refractivity contribution in [1.82, 2.24) is 15.6 Å². The van der Waals surface area contributed by atoms with Gasteiger partial charge in [-0.25, -0.2) is 0 Å². The molecule has 0 aliphatic carbocycles. The molecule has 1 aliphatic rings. The van der Waals surface area contributed by atoms with Gasteiger partial charge in [0.15, 0.2) is 0 Å². The fraction of sp³-hybridized carbons (Fsp3) is 0.154. The zero-order valence-corrected chi connectivity index (χ0v) is 25.4. The number of azo groups is 1. The number of hydrazone groups is 1. The van der Waals surface area contributed by atoms with E-state index in [0.717, 1.165) is 28.6 Å². The number of thioether (sulfide) groups is 2. The number of allylic oxidation sites excluding steroid dienone is 2. The molecule has 0 unspecified atom stereocenters. The third-order valence-electron chi connectivity index (χ3n) is 4.47. The van der Waals surface area contributed by atoms with Crippen molar-refractivity contribution in [2.75, 3.05) is 0 Å². The smallest absolute Gasteiger partial charge is 0.752 e. The van der Waals surface area contributed by atoms with E-state index in [4.69, 9.17) is 25.3 Å². The molecule has 1 aliphatic heterocycles. The summed E-state index contributed by atoms with van der Waals surface area (Å²) in [4.78, 5) is 0. The van der Waals surface area contributed by atoms with Crippen LogP contribution in [0.2, 0.25) is 0 Å². The first-order chi connectivity index (χ1) is 18.5. The van der Waals surface area contributed by atoms with Crippen LogP contribution in [0.3, 0.4) is 0 Å². The maximum Gasteiger partial charge on any atom is 3.00 e. The van der Waals surface area contributed by atoms with Gasteiger partial charge in [-0.05, 0) is 39.8 Å². The maximum absolute atomic E-state index is 5.15. The van der Waals surface area contributed by atoms with E-state index in [2.05, 4.69) is 65.4 Å². The van der Waals surface area contributed by atoms with Gasteiger partial charge in [0.2, 0.25) is 0 Å². The second-order valence-corrected chi connectivity index (χ2v) is 10.8. The van der Waals surface area contributed by atoms with Gasteiger partial charge >= 0.3 is 16.8 Å². The molecule has 2 aromatic carbocycles. The Morgan fingerprint density at radius 3 is 2.08 bits per heavy atom. The summed E-state index contributed by atoms with van der Waals surface area (Å²) >= 11 is 13.3. The SMILES string of the molecule is CC1=CC(=CNN=C([S-])SCc2ccccc2)N=N1.Cc1cc(C=NN=C([S-])SCc2ccccc2)[n-]n1.[Co+3]. The molecular weight excluding hydrogens is 612 g/mol. The van der Waals surface area contributed by atoms with Crippen LogP contribution in [0, 0.1) is 6.92 Å². The van der Waals surface area contributed by atoms with E-state index in [9.17, 15) is 0 Å². The minimum Gasteiger partial charge on any atom is -0.752 e. The van der Waals surface area contributed by atoms with Crippen LogP contribution in [0.15, 0.2) is 116 Å². The van der Waals surface area contributed by atoms with E-state index in [-0.39, 0.29) is 16.8 Å². The van der Waals surface area contributed by atoms with Crippen LogP contribution in [0.1, 0.15) is 29.4 Å². The van der Waals surface area contributed by atoms with Crippen molar-refractivity contribution in [2.24, 2.45) is 25.5 Å². The van der Waals surface area contributed by atoms with Crippen LogP contribution in [-0.4, -0.2) is 20.1 Å². The van der Waals surface area contributed by atoms with Crippen LogP contribution < -0.4 is 10.5 Å². The normalized spacial score (nSPS) is 14.1. The molecule has 39 heavy (non-hydrogen) atoms. The van der Waals surface area contributed by atoms with Gasteiger partial charge in [-0.2, -0.15) is 20.4 Å². The number of nitrogens with zero attached hydrogens (tertiary/aromatic N) is 7. The summed E-state index contributed by atoms with van der Waals surface area (Å²) in [6, 6.07) is 22.1. The Morgan fingerprint density at radius 2 is 1.54 bits per heavy atom. The molecule has 8 nitrogen and oxygen atoms in total. The number of hydrogen-bond acceptors (Lipinski definition) is 11. The molecule has 0 amide bonds. The largest absolute Gasteiger partial charge is 3.00 e.